The molecule has 0 saturated carbocycles. The van der Waals surface area contributed by atoms with Gasteiger partial charge in [-0.05, 0) is 49.1 Å². The first kappa shape index (κ1) is 21.8. The van der Waals surface area contributed by atoms with Crippen LogP contribution in [-0.4, -0.2) is 33.8 Å². The van der Waals surface area contributed by atoms with Crippen molar-refractivity contribution in [3.8, 4) is 5.69 Å². The second-order valence-electron chi connectivity index (χ2n) is 7.52. The van der Waals surface area contributed by atoms with Gasteiger partial charge in [0.2, 0.25) is 0 Å². The van der Waals surface area contributed by atoms with E-state index in [0.29, 0.717) is 10.2 Å². The summed E-state index contributed by atoms with van der Waals surface area (Å²) in [5.41, 5.74) is -1.68. The van der Waals surface area contributed by atoms with Crippen molar-refractivity contribution in [1.29, 1.82) is 0 Å². The Balaban J connectivity index is 1.55. The van der Waals surface area contributed by atoms with E-state index >= 15 is 0 Å². The van der Waals surface area contributed by atoms with E-state index < -0.39 is 29.2 Å². The second kappa shape index (κ2) is 8.97. The van der Waals surface area contributed by atoms with Crippen LogP contribution in [0.3, 0.4) is 0 Å². The second-order valence-corrected chi connectivity index (χ2v) is 7.52. The highest BCUT2D eigenvalue weighted by Gasteiger charge is 2.41. The number of aromatic nitrogens is 3. The topological polar surface area (TPSA) is 63.1 Å². The number of para-hydroxylation sites is 1. The maximum Gasteiger partial charge on any atom is 0.434 e. The van der Waals surface area contributed by atoms with Crippen molar-refractivity contribution in [3.63, 3.8) is 0 Å². The van der Waals surface area contributed by atoms with E-state index in [9.17, 15) is 22.4 Å². The molecule has 6 nitrogen and oxygen atoms in total. The summed E-state index contributed by atoms with van der Waals surface area (Å²) in [6, 6.07) is 8.46. The Morgan fingerprint density at radius 3 is 2.56 bits per heavy atom. The van der Waals surface area contributed by atoms with Crippen LogP contribution in [0.1, 0.15) is 40.9 Å². The molecule has 1 aromatic carbocycles. The third kappa shape index (κ3) is 4.58. The number of rotatable bonds is 5. The quantitative estimate of drug-likeness (QED) is 0.591. The van der Waals surface area contributed by atoms with Gasteiger partial charge >= 0.3 is 6.18 Å². The van der Waals surface area contributed by atoms with Gasteiger partial charge in [0.15, 0.2) is 5.69 Å². The Morgan fingerprint density at radius 1 is 1.09 bits per heavy atom. The number of piperidine rings is 1. The van der Waals surface area contributed by atoms with Gasteiger partial charge in [-0.15, -0.1) is 0 Å². The molecule has 2 aromatic heterocycles. The number of hydrogen-bond donors (Lipinski definition) is 1. The lowest BCUT2D eigenvalue weighted by Crippen LogP contribution is -2.30. The molecule has 1 aliphatic rings. The van der Waals surface area contributed by atoms with E-state index in [0.717, 1.165) is 44.0 Å². The Morgan fingerprint density at radius 2 is 1.84 bits per heavy atom. The van der Waals surface area contributed by atoms with Gasteiger partial charge in [0.1, 0.15) is 17.3 Å². The highest BCUT2D eigenvalue weighted by Crippen LogP contribution is 2.34. The number of carbonyl (C=O) groups excluding carboxylic acids is 1. The molecule has 1 saturated heterocycles. The molecule has 0 atom stereocenters. The molecule has 0 aliphatic carbocycles. The molecule has 0 radical (unpaired) electrons. The number of benzene rings is 1. The van der Waals surface area contributed by atoms with Crippen LogP contribution in [0.25, 0.3) is 5.69 Å². The zero-order chi connectivity index (χ0) is 22.7. The lowest BCUT2D eigenvalue weighted by Gasteiger charge is -2.27. The van der Waals surface area contributed by atoms with Crippen molar-refractivity contribution in [2.24, 2.45) is 0 Å². The largest absolute Gasteiger partial charge is 0.434 e. The van der Waals surface area contributed by atoms with Crippen LogP contribution in [0.15, 0.2) is 48.8 Å². The lowest BCUT2D eigenvalue weighted by atomic mass is 10.1. The molecule has 0 bridgehead atoms. The van der Waals surface area contributed by atoms with Gasteiger partial charge in [0, 0.05) is 25.8 Å². The summed E-state index contributed by atoms with van der Waals surface area (Å²) in [6.07, 6.45) is 0.834. The average Bonchev–Trinajstić information content (AvgIpc) is 3.24. The van der Waals surface area contributed by atoms with Crippen LogP contribution < -0.4 is 10.2 Å². The summed E-state index contributed by atoms with van der Waals surface area (Å²) in [7, 11) is 0. The number of carbonyl (C=O) groups is 1. The maximum absolute atomic E-state index is 14.1. The van der Waals surface area contributed by atoms with Gasteiger partial charge in [-0.25, -0.2) is 14.1 Å². The Kier molecular flexibility index (Phi) is 6.11. The fraction of sp³-hybridized carbons (Fsp3) is 0.318. The van der Waals surface area contributed by atoms with Crippen LogP contribution >= 0.6 is 0 Å². The Bertz CT molecular complexity index is 1110. The van der Waals surface area contributed by atoms with E-state index in [1.165, 1.54) is 24.6 Å². The van der Waals surface area contributed by atoms with Crippen molar-refractivity contribution in [2.75, 3.05) is 18.0 Å². The van der Waals surface area contributed by atoms with E-state index in [-0.39, 0.29) is 12.2 Å². The highest BCUT2D eigenvalue weighted by atomic mass is 19.4. The third-order valence-corrected chi connectivity index (χ3v) is 5.31. The van der Waals surface area contributed by atoms with E-state index in [2.05, 4.69) is 20.3 Å². The van der Waals surface area contributed by atoms with Crippen LogP contribution in [0.5, 0.6) is 0 Å². The van der Waals surface area contributed by atoms with Gasteiger partial charge in [-0.2, -0.15) is 18.3 Å². The predicted molar refractivity (Wildman–Crippen MR) is 110 cm³/mol. The predicted octanol–water partition coefficient (Wildman–Crippen LogP) is 4.35. The smallest absolute Gasteiger partial charge is 0.357 e. The molecular formula is C22H21F4N5O. The van der Waals surface area contributed by atoms with E-state index in [4.69, 9.17) is 0 Å². The van der Waals surface area contributed by atoms with Crippen LogP contribution in [0, 0.1) is 5.82 Å². The molecule has 3 heterocycles. The van der Waals surface area contributed by atoms with Gasteiger partial charge < -0.3 is 10.2 Å². The number of pyridine rings is 1. The van der Waals surface area contributed by atoms with Gasteiger partial charge in [0.25, 0.3) is 5.91 Å². The number of nitrogens with one attached hydrogen (secondary N) is 1. The average molecular weight is 447 g/mol. The summed E-state index contributed by atoms with van der Waals surface area (Å²) in [6.45, 7) is 1.81. The maximum atomic E-state index is 14.1. The van der Waals surface area contributed by atoms with Crippen molar-refractivity contribution in [1.82, 2.24) is 20.1 Å². The molecule has 168 valence electrons. The van der Waals surface area contributed by atoms with Crippen LogP contribution in [0.4, 0.5) is 23.4 Å². The molecule has 4 rings (SSSR count). The Hall–Kier alpha value is -3.43. The molecule has 0 spiro atoms. The number of anilines is 1. The molecule has 1 aliphatic heterocycles. The minimum Gasteiger partial charge on any atom is -0.357 e. The van der Waals surface area contributed by atoms with Gasteiger partial charge in [0.05, 0.1) is 11.8 Å². The first-order chi connectivity index (χ1) is 15.3. The summed E-state index contributed by atoms with van der Waals surface area (Å²) in [5.74, 6) is -1.05. The van der Waals surface area contributed by atoms with Gasteiger partial charge in [-0.3, -0.25) is 4.79 Å². The van der Waals surface area contributed by atoms with Gasteiger partial charge in [-0.1, -0.05) is 12.1 Å². The fourth-order valence-corrected chi connectivity index (χ4v) is 3.74. The van der Waals surface area contributed by atoms with E-state index in [1.807, 2.05) is 6.07 Å². The van der Waals surface area contributed by atoms with Crippen LogP contribution in [0.2, 0.25) is 0 Å². The standard InChI is InChI=1S/C22H21F4N5O/c23-17-6-2-3-7-18(17)31-20(22(24,25)26)16(14-29-31)21(32)28-13-15-8-9-27-19(12-15)30-10-4-1-5-11-30/h2-3,6-9,12,14H,1,4-5,10-11,13H2,(H,28,32). The third-order valence-electron chi connectivity index (χ3n) is 5.31. The Labute approximate surface area is 181 Å². The highest BCUT2D eigenvalue weighted by molar-refractivity contribution is 5.95. The zero-order valence-corrected chi connectivity index (χ0v) is 17.1. The molecule has 10 heteroatoms. The minimum atomic E-state index is -4.91. The first-order valence-electron chi connectivity index (χ1n) is 10.2. The SMILES string of the molecule is O=C(NCc1ccnc(N2CCCCC2)c1)c1cnn(-c2ccccc2F)c1C(F)(F)F. The molecule has 1 N–H and O–H groups in total. The molecular weight excluding hydrogens is 426 g/mol. The summed E-state index contributed by atoms with van der Waals surface area (Å²) < 4.78 is 55.8. The van der Waals surface area contributed by atoms with Crippen LogP contribution in [-0.2, 0) is 12.7 Å². The number of amides is 1. The first-order valence-corrected chi connectivity index (χ1v) is 10.2. The number of halogens is 4. The monoisotopic (exact) mass is 447 g/mol. The fourth-order valence-electron chi connectivity index (χ4n) is 3.74. The molecule has 0 unspecified atom stereocenters. The molecule has 3 aromatic rings. The number of nitrogens with zero attached hydrogens (tertiary/aromatic N) is 4. The zero-order valence-electron chi connectivity index (χ0n) is 17.1. The lowest BCUT2D eigenvalue weighted by molar-refractivity contribution is -0.143. The van der Waals surface area contributed by atoms with Crippen molar-refractivity contribution in [2.45, 2.75) is 32.0 Å². The van der Waals surface area contributed by atoms with Crippen molar-refractivity contribution >= 4 is 11.7 Å². The molecule has 32 heavy (non-hydrogen) atoms. The molecule has 1 amide bonds. The normalized spacial score (nSPS) is 14.4. The molecule has 1 fully saturated rings. The van der Waals surface area contributed by atoms with Crippen molar-refractivity contribution < 1.29 is 22.4 Å². The summed E-state index contributed by atoms with van der Waals surface area (Å²) >= 11 is 0. The van der Waals surface area contributed by atoms with E-state index in [1.54, 1.807) is 12.3 Å². The number of hydrogen-bond acceptors (Lipinski definition) is 4. The van der Waals surface area contributed by atoms with Crippen molar-refractivity contribution in [3.05, 3.63) is 71.4 Å². The summed E-state index contributed by atoms with van der Waals surface area (Å²) in [5, 5.41) is 6.15. The number of alkyl halides is 3. The summed E-state index contributed by atoms with van der Waals surface area (Å²) in [4.78, 5) is 19.1. The minimum absolute atomic E-state index is 0.0182.